The molecule has 0 saturated heterocycles. The molecule has 0 aliphatic carbocycles. The molecule has 1 amide bonds. The molecule has 2 aromatic rings. The number of carbonyl (C=O) groups is 2. The van der Waals surface area contributed by atoms with Crippen LogP contribution < -0.4 is 14.8 Å². The van der Waals surface area contributed by atoms with Gasteiger partial charge in [0.2, 0.25) is 16.8 Å². The fraction of sp³-hybridized carbons (Fsp3) is 0.300. The van der Waals surface area contributed by atoms with Gasteiger partial charge in [0, 0.05) is 20.6 Å². The van der Waals surface area contributed by atoms with E-state index in [4.69, 9.17) is 25.8 Å². The minimum atomic E-state index is -3.86. The van der Waals surface area contributed by atoms with Crippen LogP contribution in [0.3, 0.4) is 0 Å². The molecule has 0 aromatic heterocycles. The van der Waals surface area contributed by atoms with Crippen LogP contribution in [0.15, 0.2) is 41.3 Å². The Morgan fingerprint density at radius 2 is 1.87 bits per heavy atom. The van der Waals surface area contributed by atoms with Gasteiger partial charge < -0.3 is 19.5 Å². The Morgan fingerprint density at radius 1 is 1.16 bits per heavy atom. The first kappa shape index (κ1) is 22.9. The largest absolute Gasteiger partial charge is 0.454 e. The Balaban J connectivity index is 1.63. The van der Waals surface area contributed by atoms with Gasteiger partial charge in [-0.1, -0.05) is 17.7 Å². The Hall–Kier alpha value is -2.82. The third kappa shape index (κ3) is 5.09. The third-order valence-corrected chi connectivity index (χ3v) is 6.78. The minimum absolute atomic E-state index is 0.0280. The molecule has 166 valence electrons. The number of fused-ring (bicyclic) bond motifs is 1. The van der Waals surface area contributed by atoms with Crippen LogP contribution in [-0.4, -0.2) is 51.6 Å². The fourth-order valence-electron chi connectivity index (χ4n) is 2.69. The second-order valence-corrected chi connectivity index (χ2v) is 9.41. The maximum absolute atomic E-state index is 12.4. The van der Waals surface area contributed by atoms with Crippen molar-refractivity contribution < 1.29 is 32.2 Å². The summed E-state index contributed by atoms with van der Waals surface area (Å²) in [7, 11) is -1.16. The van der Waals surface area contributed by atoms with Gasteiger partial charge in [-0.05, 0) is 42.8 Å². The molecule has 11 heteroatoms. The van der Waals surface area contributed by atoms with Gasteiger partial charge in [0.25, 0.3) is 5.91 Å². The standard InChI is InChI=1S/C20H21ClN2O7S/c1-12(19(24)22-10-13-4-7-16-17(8-13)29-11-28-16)30-20(25)14-5-6-15(21)18(9-14)31(26,27)23(2)3/h4-9,12H,10-11H2,1-3H3,(H,22,24). The quantitative estimate of drug-likeness (QED) is 0.620. The van der Waals surface area contributed by atoms with E-state index < -0.39 is 28.0 Å². The van der Waals surface area contributed by atoms with Crippen LogP contribution in [0.4, 0.5) is 0 Å². The number of carbonyl (C=O) groups excluding carboxylic acids is 2. The zero-order chi connectivity index (χ0) is 22.8. The van der Waals surface area contributed by atoms with Gasteiger partial charge in [-0.2, -0.15) is 0 Å². The SMILES string of the molecule is CC(OC(=O)c1ccc(Cl)c(S(=O)(=O)N(C)C)c1)C(=O)NCc1ccc2c(c1)OCO2. The Bertz CT molecular complexity index is 1120. The highest BCUT2D eigenvalue weighted by molar-refractivity contribution is 7.89. The predicted molar refractivity (Wildman–Crippen MR) is 112 cm³/mol. The number of nitrogens with one attached hydrogen (secondary N) is 1. The highest BCUT2D eigenvalue weighted by atomic mass is 35.5. The summed E-state index contributed by atoms with van der Waals surface area (Å²) < 4.78 is 41.4. The van der Waals surface area contributed by atoms with Crippen LogP contribution in [0.2, 0.25) is 5.02 Å². The summed E-state index contributed by atoms with van der Waals surface area (Å²) in [5.41, 5.74) is 0.743. The first-order valence-corrected chi connectivity index (χ1v) is 11.0. The number of nitrogens with zero attached hydrogens (tertiary/aromatic N) is 1. The molecule has 0 spiro atoms. The van der Waals surface area contributed by atoms with Crippen LogP contribution in [0.25, 0.3) is 0 Å². The summed E-state index contributed by atoms with van der Waals surface area (Å²) >= 11 is 5.98. The minimum Gasteiger partial charge on any atom is -0.454 e. The molecule has 9 nitrogen and oxygen atoms in total. The Morgan fingerprint density at radius 3 is 2.58 bits per heavy atom. The lowest BCUT2D eigenvalue weighted by Crippen LogP contribution is -2.35. The molecule has 0 saturated carbocycles. The van der Waals surface area contributed by atoms with Crippen molar-refractivity contribution in [1.82, 2.24) is 9.62 Å². The number of benzene rings is 2. The smallest absolute Gasteiger partial charge is 0.338 e. The van der Waals surface area contributed by atoms with Crippen molar-refractivity contribution in [3.63, 3.8) is 0 Å². The number of amides is 1. The second kappa shape index (κ2) is 9.13. The molecule has 0 radical (unpaired) electrons. The summed E-state index contributed by atoms with van der Waals surface area (Å²) in [6.07, 6.45) is -1.11. The van der Waals surface area contributed by atoms with Crippen molar-refractivity contribution >= 4 is 33.5 Å². The molecule has 1 atom stereocenters. The highest BCUT2D eigenvalue weighted by Gasteiger charge is 2.24. The number of hydrogen-bond acceptors (Lipinski definition) is 7. The summed E-state index contributed by atoms with van der Waals surface area (Å²) in [6.45, 7) is 1.77. The lowest BCUT2D eigenvalue weighted by molar-refractivity contribution is -0.129. The topological polar surface area (TPSA) is 111 Å². The first-order chi connectivity index (χ1) is 14.6. The van der Waals surface area contributed by atoms with Gasteiger partial charge in [0.1, 0.15) is 4.90 Å². The number of hydrogen-bond donors (Lipinski definition) is 1. The van der Waals surface area contributed by atoms with Crippen molar-refractivity contribution in [3.8, 4) is 11.5 Å². The third-order valence-electron chi connectivity index (χ3n) is 4.48. The van der Waals surface area contributed by atoms with Crippen molar-refractivity contribution in [2.45, 2.75) is 24.5 Å². The molecule has 1 aliphatic rings. The molecule has 31 heavy (non-hydrogen) atoms. The highest BCUT2D eigenvalue weighted by Crippen LogP contribution is 2.32. The summed E-state index contributed by atoms with van der Waals surface area (Å²) in [4.78, 5) is 24.5. The molecule has 1 N–H and O–H groups in total. The maximum Gasteiger partial charge on any atom is 0.338 e. The zero-order valence-corrected chi connectivity index (χ0v) is 18.6. The van der Waals surface area contributed by atoms with Crippen LogP contribution in [0.1, 0.15) is 22.8 Å². The van der Waals surface area contributed by atoms with E-state index in [-0.39, 0.29) is 28.8 Å². The number of halogens is 1. The zero-order valence-electron chi connectivity index (χ0n) is 17.0. The van der Waals surface area contributed by atoms with E-state index in [9.17, 15) is 18.0 Å². The molecule has 1 heterocycles. The molecule has 1 aliphatic heterocycles. The van der Waals surface area contributed by atoms with Crippen molar-refractivity contribution in [2.24, 2.45) is 0 Å². The molecular weight excluding hydrogens is 448 g/mol. The number of esters is 1. The lowest BCUT2D eigenvalue weighted by atomic mass is 10.2. The first-order valence-electron chi connectivity index (χ1n) is 9.19. The predicted octanol–water partition coefficient (Wildman–Crippen LogP) is 2.18. The van der Waals surface area contributed by atoms with Crippen molar-refractivity contribution in [2.75, 3.05) is 20.9 Å². The maximum atomic E-state index is 12.4. The van der Waals surface area contributed by atoms with Crippen LogP contribution in [-0.2, 0) is 26.1 Å². The number of sulfonamides is 1. The summed E-state index contributed by atoms with van der Waals surface area (Å²) in [6, 6.07) is 9.02. The molecule has 0 fully saturated rings. The fourth-order valence-corrected chi connectivity index (χ4v) is 4.08. The summed E-state index contributed by atoms with van der Waals surface area (Å²) in [5, 5.41) is 2.64. The van der Waals surface area contributed by atoms with E-state index >= 15 is 0 Å². The lowest BCUT2D eigenvalue weighted by Gasteiger charge is -2.16. The molecule has 3 rings (SSSR count). The van der Waals surface area contributed by atoms with E-state index in [1.54, 1.807) is 18.2 Å². The van der Waals surface area contributed by atoms with Crippen LogP contribution >= 0.6 is 11.6 Å². The molecule has 0 bridgehead atoms. The normalized spacial score (nSPS) is 13.7. The van der Waals surface area contributed by atoms with E-state index in [0.717, 1.165) is 15.9 Å². The van der Waals surface area contributed by atoms with Gasteiger partial charge in [0.15, 0.2) is 17.6 Å². The average Bonchev–Trinajstić information content (AvgIpc) is 3.19. The van der Waals surface area contributed by atoms with Crippen molar-refractivity contribution in [1.29, 1.82) is 0 Å². The number of rotatable bonds is 7. The van der Waals surface area contributed by atoms with Gasteiger partial charge in [0.05, 0.1) is 10.6 Å². The van der Waals surface area contributed by atoms with Gasteiger partial charge in [-0.15, -0.1) is 0 Å². The van der Waals surface area contributed by atoms with Crippen molar-refractivity contribution in [3.05, 3.63) is 52.5 Å². The monoisotopic (exact) mass is 468 g/mol. The Labute approximate surface area is 184 Å². The summed E-state index contributed by atoms with van der Waals surface area (Å²) in [5.74, 6) is -0.132. The van der Waals surface area contributed by atoms with Gasteiger partial charge in [-0.25, -0.2) is 17.5 Å². The van der Waals surface area contributed by atoms with Crippen LogP contribution in [0, 0.1) is 0 Å². The van der Waals surface area contributed by atoms with Gasteiger partial charge in [-0.3, -0.25) is 4.79 Å². The van der Waals surface area contributed by atoms with Crippen LogP contribution in [0.5, 0.6) is 11.5 Å². The van der Waals surface area contributed by atoms with E-state index in [1.807, 2.05) is 0 Å². The van der Waals surface area contributed by atoms with E-state index in [0.29, 0.717) is 11.5 Å². The average molecular weight is 469 g/mol. The molecular formula is C20H21ClN2O7S. The van der Waals surface area contributed by atoms with E-state index in [1.165, 1.54) is 33.2 Å². The molecule has 2 aromatic carbocycles. The Kier molecular flexibility index (Phi) is 6.73. The molecule has 1 unspecified atom stereocenters. The van der Waals surface area contributed by atoms with Gasteiger partial charge >= 0.3 is 5.97 Å². The van der Waals surface area contributed by atoms with E-state index in [2.05, 4.69) is 5.32 Å². The second-order valence-electron chi connectivity index (χ2n) is 6.89. The number of ether oxygens (including phenoxy) is 3.